The number of ether oxygens (including phenoxy) is 1. The van der Waals surface area contributed by atoms with Crippen molar-refractivity contribution in [2.75, 3.05) is 46.4 Å². The first kappa shape index (κ1) is 26.6. The lowest BCUT2D eigenvalue weighted by Crippen LogP contribution is -2.44. The first-order valence-corrected chi connectivity index (χ1v) is 13.6. The number of aromatic nitrogens is 1. The predicted molar refractivity (Wildman–Crippen MR) is 142 cm³/mol. The van der Waals surface area contributed by atoms with Crippen molar-refractivity contribution in [2.24, 2.45) is 0 Å². The molecular formula is C27H32N4O5S. The van der Waals surface area contributed by atoms with E-state index >= 15 is 0 Å². The van der Waals surface area contributed by atoms with E-state index in [0.29, 0.717) is 23.5 Å². The van der Waals surface area contributed by atoms with Crippen molar-refractivity contribution >= 4 is 22.0 Å². The van der Waals surface area contributed by atoms with Gasteiger partial charge in [-0.2, -0.15) is 0 Å². The van der Waals surface area contributed by atoms with Gasteiger partial charge in [0.2, 0.25) is 0 Å². The van der Waals surface area contributed by atoms with E-state index in [1.165, 1.54) is 23.9 Å². The van der Waals surface area contributed by atoms with Crippen LogP contribution in [0.3, 0.4) is 0 Å². The molecule has 9 nitrogen and oxygen atoms in total. The molecule has 0 unspecified atom stereocenters. The predicted octanol–water partition coefficient (Wildman–Crippen LogP) is 2.93. The normalized spacial score (nSPS) is 15.2. The number of carbonyl (C=O) groups excluding carboxylic acids is 1. The molecule has 0 saturated carbocycles. The number of nitrogens with one attached hydrogen (secondary N) is 1. The summed E-state index contributed by atoms with van der Waals surface area (Å²) in [4.78, 5) is 16.1. The lowest BCUT2D eigenvalue weighted by Gasteiger charge is -2.32. The number of benzene rings is 2. The number of carbonyl (C=O) groups is 1. The molecule has 0 spiro atoms. The van der Waals surface area contributed by atoms with E-state index in [1.54, 1.807) is 24.3 Å². The zero-order valence-corrected chi connectivity index (χ0v) is 21.6. The van der Waals surface area contributed by atoms with Gasteiger partial charge in [0.1, 0.15) is 10.6 Å². The van der Waals surface area contributed by atoms with Crippen molar-refractivity contribution in [3.05, 3.63) is 78.6 Å². The second-order valence-electron chi connectivity index (χ2n) is 8.93. The number of amides is 1. The third kappa shape index (κ3) is 6.66. The minimum Gasteiger partial charge on any atom is -0.492 e. The maximum absolute atomic E-state index is 13.9. The topological polar surface area (TPSA) is 104 Å². The van der Waals surface area contributed by atoms with Crippen LogP contribution in [0.2, 0.25) is 0 Å². The Morgan fingerprint density at radius 3 is 2.54 bits per heavy atom. The lowest BCUT2D eigenvalue weighted by molar-refractivity contribution is -0.124. The van der Waals surface area contributed by atoms with Gasteiger partial charge in [0.25, 0.3) is 15.9 Å². The van der Waals surface area contributed by atoms with E-state index in [-0.39, 0.29) is 4.90 Å². The molecule has 1 aliphatic heterocycles. The maximum atomic E-state index is 13.9. The van der Waals surface area contributed by atoms with Crippen LogP contribution in [-0.2, 0) is 14.8 Å². The highest BCUT2D eigenvalue weighted by atomic mass is 32.2. The molecule has 2 N–H and O–H groups in total. The van der Waals surface area contributed by atoms with E-state index in [4.69, 9.17) is 9.94 Å². The van der Waals surface area contributed by atoms with Crippen LogP contribution in [0.25, 0.3) is 17.2 Å². The molecule has 37 heavy (non-hydrogen) atoms. The van der Waals surface area contributed by atoms with Gasteiger partial charge >= 0.3 is 0 Å². The van der Waals surface area contributed by atoms with Gasteiger partial charge in [-0.3, -0.25) is 10.0 Å². The zero-order valence-electron chi connectivity index (χ0n) is 20.8. The van der Waals surface area contributed by atoms with Crippen molar-refractivity contribution in [1.82, 2.24) is 19.3 Å². The molecule has 1 saturated heterocycles. The Labute approximate surface area is 217 Å². The van der Waals surface area contributed by atoms with Crippen LogP contribution in [0.5, 0.6) is 5.75 Å². The van der Waals surface area contributed by atoms with Crippen molar-refractivity contribution < 1.29 is 23.2 Å². The summed E-state index contributed by atoms with van der Waals surface area (Å²) < 4.78 is 35.0. The van der Waals surface area contributed by atoms with Crippen molar-refractivity contribution in [1.29, 1.82) is 0 Å². The summed E-state index contributed by atoms with van der Waals surface area (Å²) in [5.74, 6) is -0.414. The quantitative estimate of drug-likeness (QED) is 0.182. The van der Waals surface area contributed by atoms with Crippen LogP contribution in [0.15, 0.2) is 78.0 Å². The van der Waals surface area contributed by atoms with Gasteiger partial charge in [-0.25, -0.2) is 17.9 Å². The average Bonchev–Trinajstić information content (AvgIpc) is 3.41. The molecule has 1 aliphatic rings. The van der Waals surface area contributed by atoms with Crippen molar-refractivity contribution in [2.45, 2.75) is 11.3 Å². The summed E-state index contributed by atoms with van der Waals surface area (Å²) in [7, 11) is -1.92. The molecule has 0 aliphatic carbocycles. The third-order valence-electron chi connectivity index (χ3n) is 6.30. The minimum atomic E-state index is -4.04. The standard InChI is InChI=1S/C27H32N4O5S/c1-29-16-18-30(19-17-29)14-6-20-36-25-10-5-9-24(23-7-3-2-4-8-23)27(25)37(34,35)31-15-13-22(21-31)11-12-26(32)28-33/h2-5,7-13,15,21,33H,6,14,16-20H2,1H3,(H,28,32)/b12-11+. The van der Waals surface area contributed by atoms with Gasteiger partial charge in [0, 0.05) is 56.8 Å². The molecule has 196 valence electrons. The fraction of sp³-hybridized carbons (Fsp3) is 0.296. The number of nitrogens with zero attached hydrogens (tertiary/aromatic N) is 3. The SMILES string of the molecule is CN1CCN(CCCOc2cccc(-c3ccccc3)c2S(=O)(=O)n2ccc(/C=C/C(=O)NO)c2)CC1. The Hall–Kier alpha value is -3.44. The molecule has 1 aromatic heterocycles. The van der Waals surface area contributed by atoms with E-state index in [0.717, 1.165) is 54.8 Å². The molecule has 0 bridgehead atoms. The van der Waals surface area contributed by atoms with Crippen LogP contribution in [0, 0.1) is 0 Å². The van der Waals surface area contributed by atoms with E-state index in [1.807, 2.05) is 30.3 Å². The number of piperazine rings is 1. The van der Waals surface area contributed by atoms with Crippen LogP contribution < -0.4 is 10.2 Å². The zero-order chi connectivity index (χ0) is 26.3. The minimum absolute atomic E-state index is 0.0834. The molecular weight excluding hydrogens is 492 g/mol. The second kappa shape index (κ2) is 12.2. The Morgan fingerprint density at radius 1 is 1.05 bits per heavy atom. The van der Waals surface area contributed by atoms with Gasteiger partial charge in [-0.1, -0.05) is 42.5 Å². The largest absolute Gasteiger partial charge is 0.492 e. The van der Waals surface area contributed by atoms with E-state index < -0.39 is 15.9 Å². The average molecular weight is 525 g/mol. The van der Waals surface area contributed by atoms with E-state index in [9.17, 15) is 13.2 Å². The van der Waals surface area contributed by atoms with Crippen molar-refractivity contribution in [3.63, 3.8) is 0 Å². The Balaban J connectivity index is 1.60. The highest BCUT2D eigenvalue weighted by Gasteiger charge is 2.26. The molecule has 0 atom stereocenters. The Kier molecular flexibility index (Phi) is 8.78. The maximum Gasteiger partial charge on any atom is 0.271 e. The molecule has 4 rings (SSSR count). The first-order valence-electron chi connectivity index (χ1n) is 12.2. The van der Waals surface area contributed by atoms with Gasteiger partial charge in [0.05, 0.1) is 6.61 Å². The van der Waals surface area contributed by atoms with Crippen LogP contribution in [0.4, 0.5) is 0 Å². The summed E-state index contributed by atoms with van der Waals surface area (Å²) in [6.45, 7) is 5.40. The van der Waals surface area contributed by atoms with Gasteiger partial charge < -0.3 is 14.5 Å². The third-order valence-corrected chi connectivity index (χ3v) is 8.02. The number of hydrogen-bond acceptors (Lipinski definition) is 7. The molecule has 2 heterocycles. The first-order chi connectivity index (χ1) is 17.9. The molecule has 3 aromatic rings. The summed E-state index contributed by atoms with van der Waals surface area (Å²) in [5, 5.41) is 8.67. The summed E-state index contributed by atoms with van der Waals surface area (Å²) in [6.07, 6.45) is 6.14. The molecule has 2 aromatic carbocycles. The highest BCUT2D eigenvalue weighted by molar-refractivity contribution is 7.90. The second-order valence-corrected chi connectivity index (χ2v) is 10.7. The van der Waals surface area contributed by atoms with Crippen LogP contribution in [-0.4, -0.2) is 79.7 Å². The number of hydroxylamine groups is 1. The molecule has 10 heteroatoms. The molecule has 0 radical (unpaired) electrons. The smallest absolute Gasteiger partial charge is 0.271 e. The molecule has 1 amide bonds. The highest BCUT2D eigenvalue weighted by Crippen LogP contribution is 2.36. The Bertz CT molecular complexity index is 1330. The fourth-order valence-electron chi connectivity index (χ4n) is 4.24. The lowest BCUT2D eigenvalue weighted by atomic mass is 10.1. The number of rotatable bonds is 10. The van der Waals surface area contributed by atoms with Crippen LogP contribution in [0.1, 0.15) is 12.0 Å². The number of likely N-dealkylation sites (N-methyl/N-ethyl adjacent to an activating group) is 1. The summed E-state index contributed by atoms with van der Waals surface area (Å²) in [5.41, 5.74) is 3.30. The van der Waals surface area contributed by atoms with Crippen molar-refractivity contribution in [3.8, 4) is 16.9 Å². The van der Waals surface area contributed by atoms with Crippen LogP contribution >= 0.6 is 0 Å². The van der Waals surface area contributed by atoms with Gasteiger partial charge in [0.15, 0.2) is 0 Å². The summed E-state index contributed by atoms with van der Waals surface area (Å²) in [6, 6.07) is 16.2. The molecule has 1 fully saturated rings. The Morgan fingerprint density at radius 2 is 1.81 bits per heavy atom. The summed E-state index contributed by atoms with van der Waals surface area (Å²) >= 11 is 0. The number of hydrogen-bond donors (Lipinski definition) is 2. The van der Waals surface area contributed by atoms with Gasteiger partial charge in [-0.05, 0) is 42.8 Å². The van der Waals surface area contributed by atoms with E-state index in [2.05, 4.69) is 16.8 Å². The fourth-order valence-corrected chi connectivity index (χ4v) is 5.77. The van der Waals surface area contributed by atoms with Gasteiger partial charge in [-0.15, -0.1) is 0 Å². The monoisotopic (exact) mass is 524 g/mol.